The van der Waals surface area contributed by atoms with E-state index in [4.69, 9.17) is 4.74 Å². The quantitative estimate of drug-likeness (QED) is 0.623. The number of esters is 1. The number of rotatable bonds is 6. The van der Waals surface area contributed by atoms with E-state index in [1.165, 1.54) is 6.20 Å². The number of anilines is 1. The smallest absolute Gasteiger partial charge is 0.356 e. The first kappa shape index (κ1) is 17.1. The Morgan fingerprint density at radius 1 is 1.21 bits per heavy atom. The van der Waals surface area contributed by atoms with E-state index in [1.54, 1.807) is 49.5 Å². The van der Waals surface area contributed by atoms with Crippen molar-refractivity contribution in [1.29, 1.82) is 0 Å². The molecule has 24 heavy (non-hydrogen) atoms. The topological polar surface area (TPSA) is 93.2 Å². The minimum Gasteiger partial charge on any atom is -0.461 e. The number of nitrogens with one attached hydrogen (secondary N) is 2. The highest BCUT2D eigenvalue weighted by Crippen LogP contribution is 2.04. The summed E-state index contributed by atoms with van der Waals surface area (Å²) in [4.78, 5) is 32.4. The minimum absolute atomic E-state index is 0.0317. The number of amides is 1. The minimum atomic E-state index is -0.651. The zero-order valence-electron chi connectivity index (χ0n) is 13.4. The van der Waals surface area contributed by atoms with E-state index in [0.717, 1.165) is 5.69 Å². The lowest BCUT2D eigenvalue weighted by Crippen LogP contribution is -2.29. The van der Waals surface area contributed by atoms with Gasteiger partial charge in [0.05, 0.1) is 6.61 Å². The number of carbonyl (C=O) groups is 2. The van der Waals surface area contributed by atoms with E-state index < -0.39 is 11.9 Å². The number of nitrogens with zero attached hydrogens (tertiary/aromatic N) is 2. The zero-order valence-corrected chi connectivity index (χ0v) is 13.4. The van der Waals surface area contributed by atoms with Crippen molar-refractivity contribution >= 4 is 17.8 Å². The van der Waals surface area contributed by atoms with Crippen molar-refractivity contribution in [2.24, 2.45) is 0 Å². The molecule has 0 bridgehead atoms. The lowest BCUT2D eigenvalue weighted by Gasteiger charge is -2.10. The molecule has 0 fully saturated rings. The molecule has 0 saturated heterocycles. The van der Waals surface area contributed by atoms with E-state index in [1.807, 2.05) is 6.92 Å². The van der Waals surface area contributed by atoms with Gasteiger partial charge in [-0.15, -0.1) is 0 Å². The van der Waals surface area contributed by atoms with Gasteiger partial charge in [-0.2, -0.15) is 0 Å². The molecule has 1 aromatic heterocycles. The summed E-state index contributed by atoms with van der Waals surface area (Å²) < 4.78 is 4.95. The maximum atomic E-state index is 12.2. The van der Waals surface area contributed by atoms with Crippen LogP contribution in [0, 0.1) is 6.92 Å². The summed E-state index contributed by atoms with van der Waals surface area (Å²) in [6.07, 6.45) is 2.90. The predicted molar refractivity (Wildman–Crippen MR) is 89.0 cm³/mol. The second-order valence-electron chi connectivity index (χ2n) is 4.76. The lowest BCUT2D eigenvalue weighted by atomic mass is 10.2. The Morgan fingerprint density at radius 3 is 2.62 bits per heavy atom. The third-order valence-corrected chi connectivity index (χ3v) is 2.92. The first-order chi connectivity index (χ1) is 11.6. The normalized spacial score (nSPS) is 10.8. The Kier molecular flexibility index (Phi) is 6.01. The Labute approximate surface area is 139 Å². The molecule has 0 aliphatic heterocycles. The molecule has 1 heterocycles. The van der Waals surface area contributed by atoms with Crippen LogP contribution in [0.4, 0.5) is 5.95 Å². The van der Waals surface area contributed by atoms with Crippen molar-refractivity contribution < 1.29 is 14.3 Å². The van der Waals surface area contributed by atoms with E-state index in [0.29, 0.717) is 11.5 Å². The van der Waals surface area contributed by atoms with Crippen LogP contribution >= 0.6 is 0 Å². The second-order valence-corrected chi connectivity index (χ2v) is 4.76. The molecule has 0 atom stereocenters. The largest absolute Gasteiger partial charge is 0.461 e. The fourth-order valence-electron chi connectivity index (χ4n) is 1.79. The number of hydrogen-bond donors (Lipinski definition) is 2. The monoisotopic (exact) mass is 326 g/mol. The fraction of sp³-hybridized carbons (Fsp3) is 0.176. The van der Waals surface area contributed by atoms with Gasteiger partial charge in [0.2, 0.25) is 5.95 Å². The van der Waals surface area contributed by atoms with E-state index in [9.17, 15) is 9.59 Å². The number of aromatic nitrogens is 2. The van der Waals surface area contributed by atoms with Crippen LogP contribution in [0.3, 0.4) is 0 Å². The van der Waals surface area contributed by atoms with Gasteiger partial charge in [0.25, 0.3) is 5.91 Å². The summed E-state index contributed by atoms with van der Waals surface area (Å²) >= 11 is 0. The zero-order chi connectivity index (χ0) is 17.4. The van der Waals surface area contributed by atoms with Crippen LogP contribution in [0.1, 0.15) is 23.0 Å². The fourth-order valence-corrected chi connectivity index (χ4v) is 1.79. The van der Waals surface area contributed by atoms with Crippen LogP contribution in [0.25, 0.3) is 0 Å². The first-order valence-corrected chi connectivity index (χ1v) is 7.40. The van der Waals surface area contributed by atoms with Gasteiger partial charge >= 0.3 is 5.97 Å². The number of benzene rings is 1. The molecule has 0 radical (unpaired) electrons. The van der Waals surface area contributed by atoms with Gasteiger partial charge in [-0.1, -0.05) is 18.2 Å². The third-order valence-electron chi connectivity index (χ3n) is 2.92. The van der Waals surface area contributed by atoms with Crippen molar-refractivity contribution in [2.75, 3.05) is 11.9 Å². The molecule has 124 valence electrons. The average Bonchev–Trinajstić information content (AvgIpc) is 2.59. The van der Waals surface area contributed by atoms with Gasteiger partial charge in [-0.05, 0) is 32.0 Å². The van der Waals surface area contributed by atoms with E-state index >= 15 is 0 Å². The highest BCUT2D eigenvalue weighted by atomic mass is 16.5. The summed E-state index contributed by atoms with van der Waals surface area (Å²) in [6, 6.07) is 10.3. The summed E-state index contributed by atoms with van der Waals surface area (Å²) in [5, 5.41) is 5.31. The predicted octanol–water partition coefficient (Wildman–Crippen LogP) is 2.03. The molecule has 0 aliphatic carbocycles. The Morgan fingerprint density at radius 2 is 1.96 bits per heavy atom. The third kappa shape index (κ3) is 4.91. The van der Waals surface area contributed by atoms with Crippen molar-refractivity contribution in [3.8, 4) is 0 Å². The second kappa shape index (κ2) is 8.42. The molecule has 0 aliphatic rings. The highest BCUT2D eigenvalue weighted by molar-refractivity contribution is 6.01. The molecule has 7 nitrogen and oxygen atoms in total. The molecule has 7 heteroatoms. The first-order valence-electron chi connectivity index (χ1n) is 7.40. The Hall–Kier alpha value is -3.22. The van der Waals surface area contributed by atoms with Crippen LogP contribution in [0.15, 0.2) is 54.5 Å². The SMILES string of the molecule is CCOC(=O)/C(=C/Nc1nccc(C)n1)NC(=O)c1ccccc1. The van der Waals surface area contributed by atoms with E-state index in [2.05, 4.69) is 20.6 Å². The average molecular weight is 326 g/mol. The standard InChI is InChI=1S/C17H18N4O3/c1-3-24-16(23)14(11-19-17-18-10-9-12(2)20-17)21-15(22)13-7-5-4-6-8-13/h4-11H,3H2,1-2H3,(H,21,22)(H,18,19,20)/b14-11-. The highest BCUT2D eigenvalue weighted by Gasteiger charge is 2.15. The van der Waals surface area contributed by atoms with Gasteiger partial charge in [0.1, 0.15) is 5.70 Å². The molecular formula is C17H18N4O3. The van der Waals surface area contributed by atoms with Crippen LogP contribution in [0.2, 0.25) is 0 Å². The van der Waals surface area contributed by atoms with Crippen molar-refractivity contribution in [1.82, 2.24) is 15.3 Å². The van der Waals surface area contributed by atoms with Gasteiger partial charge in [-0.25, -0.2) is 14.8 Å². The van der Waals surface area contributed by atoms with Crippen molar-refractivity contribution in [3.05, 3.63) is 65.7 Å². The number of aryl methyl sites for hydroxylation is 1. The molecule has 1 amide bonds. The summed E-state index contributed by atoms with van der Waals surface area (Å²) in [7, 11) is 0. The molecule has 2 rings (SSSR count). The van der Waals surface area contributed by atoms with Crippen LogP contribution in [0.5, 0.6) is 0 Å². The summed E-state index contributed by atoms with van der Waals surface area (Å²) in [6.45, 7) is 3.70. The van der Waals surface area contributed by atoms with Gasteiger partial charge in [0, 0.05) is 23.7 Å². The molecule has 2 aromatic rings. The summed E-state index contributed by atoms with van der Waals surface area (Å²) in [5.74, 6) is -0.755. The molecule has 1 aromatic carbocycles. The number of carbonyl (C=O) groups excluding carboxylic acids is 2. The number of hydrogen-bond acceptors (Lipinski definition) is 6. The molecule has 2 N–H and O–H groups in total. The molecule has 0 spiro atoms. The van der Waals surface area contributed by atoms with Crippen LogP contribution in [-0.4, -0.2) is 28.5 Å². The van der Waals surface area contributed by atoms with Gasteiger partial charge in [-0.3, -0.25) is 4.79 Å². The molecule has 0 saturated carbocycles. The van der Waals surface area contributed by atoms with Crippen LogP contribution in [-0.2, 0) is 9.53 Å². The van der Waals surface area contributed by atoms with Crippen molar-refractivity contribution in [2.45, 2.75) is 13.8 Å². The van der Waals surface area contributed by atoms with E-state index in [-0.39, 0.29) is 12.3 Å². The van der Waals surface area contributed by atoms with Crippen molar-refractivity contribution in [3.63, 3.8) is 0 Å². The summed E-state index contributed by atoms with van der Waals surface area (Å²) in [5.41, 5.74) is 1.17. The van der Waals surface area contributed by atoms with Gasteiger partial charge < -0.3 is 15.4 Å². The Balaban J connectivity index is 2.16. The maximum absolute atomic E-state index is 12.2. The molecule has 0 unspecified atom stereocenters. The van der Waals surface area contributed by atoms with Crippen LogP contribution < -0.4 is 10.6 Å². The maximum Gasteiger partial charge on any atom is 0.356 e. The Bertz CT molecular complexity index is 745. The molecular weight excluding hydrogens is 308 g/mol. The van der Waals surface area contributed by atoms with Gasteiger partial charge in [0.15, 0.2) is 0 Å². The lowest BCUT2D eigenvalue weighted by molar-refractivity contribution is -0.138. The number of ether oxygens (including phenoxy) is 1.